The summed E-state index contributed by atoms with van der Waals surface area (Å²) in [5, 5.41) is 5.72. The molecule has 0 radical (unpaired) electrons. The molecule has 2 aliphatic heterocycles. The number of nitrogens with one attached hydrogen (secondary N) is 2. The van der Waals surface area contributed by atoms with Gasteiger partial charge in [0.1, 0.15) is 12.7 Å². The van der Waals surface area contributed by atoms with Crippen molar-refractivity contribution in [1.82, 2.24) is 5.32 Å². The molecule has 0 saturated carbocycles. The smallest absolute Gasteiger partial charge is 0.251 e. The molecule has 2 heterocycles. The van der Waals surface area contributed by atoms with E-state index in [1.54, 1.807) is 23.9 Å². The van der Waals surface area contributed by atoms with Gasteiger partial charge in [-0.25, -0.2) is 0 Å². The van der Waals surface area contributed by atoms with Crippen molar-refractivity contribution < 1.29 is 19.1 Å². The van der Waals surface area contributed by atoms with Gasteiger partial charge >= 0.3 is 0 Å². The van der Waals surface area contributed by atoms with Crippen molar-refractivity contribution in [2.24, 2.45) is 0 Å². The summed E-state index contributed by atoms with van der Waals surface area (Å²) < 4.78 is 11.5. The molecule has 0 bridgehead atoms. The SMILES string of the molecule is O=C1CCSc2ccc(C(=O)NCC3COc4ccccc4O3)cc2N1. The lowest BCUT2D eigenvalue weighted by Gasteiger charge is -2.26. The van der Waals surface area contributed by atoms with E-state index in [4.69, 9.17) is 9.47 Å². The van der Waals surface area contributed by atoms with Crippen molar-refractivity contribution in [3.05, 3.63) is 48.0 Å². The van der Waals surface area contributed by atoms with Crippen molar-refractivity contribution in [3.8, 4) is 11.5 Å². The zero-order chi connectivity index (χ0) is 17.9. The van der Waals surface area contributed by atoms with Gasteiger partial charge in [0.25, 0.3) is 5.91 Å². The molecule has 1 unspecified atom stereocenters. The lowest BCUT2D eigenvalue weighted by molar-refractivity contribution is -0.115. The molecule has 2 N–H and O–H groups in total. The standard InChI is InChI=1S/C19H18N2O4S/c22-18-7-8-26-17-6-5-12(9-14(17)21-18)19(23)20-10-13-11-24-15-3-1-2-4-16(15)25-13/h1-6,9,13H,7-8,10-11H2,(H,20,23)(H,21,22). The number of carbonyl (C=O) groups excluding carboxylic acids is 2. The van der Waals surface area contributed by atoms with Gasteiger partial charge < -0.3 is 20.1 Å². The summed E-state index contributed by atoms with van der Waals surface area (Å²) in [6.45, 7) is 0.722. The molecule has 2 amide bonds. The highest BCUT2D eigenvalue weighted by molar-refractivity contribution is 7.99. The largest absolute Gasteiger partial charge is 0.486 e. The number of fused-ring (bicyclic) bond motifs is 2. The summed E-state index contributed by atoms with van der Waals surface area (Å²) in [6.07, 6.45) is 0.228. The summed E-state index contributed by atoms with van der Waals surface area (Å²) in [5.41, 5.74) is 1.19. The first-order valence-corrected chi connectivity index (χ1v) is 9.41. The van der Waals surface area contributed by atoms with E-state index in [0.717, 1.165) is 10.6 Å². The van der Waals surface area contributed by atoms with Crippen molar-refractivity contribution in [2.45, 2.75) is 17.4 Å². The fourth-order valence-corrected chi connectivity index (χ4v) is 3.77. The molecule has 0 spiro atoms. The number of thioether (sulfide) groups is 1. The molecule has 2 aromatic rings. The monoisotopic (exact) mass is 370 g/mol. The molecule has 4 rings (SSSR count). The highest BCUT2D eigenvalue weighted by Gasteiger charge is 2.22. The summed E-state index contributed by atoms with van der Waals surface area (Å²) in [4.78, 5) is 25.1. The Labute approximate surface area is 155 Å². The van der Waals surface area contributed by atoms with Crippen LogP contribution in [0.25, 0.3) is 0 Å². The van der Waals surface area contributed by atoms with E-state index in [0.29, 0.717) is 42.3 Å². The number of amides is 2. The molecule has 2 aromatic carbocycles. The Morgan fingerprint density at radius 1 is 1.23 bits per heavy atom. The van der Waals surface area contributed by atoms with Crippen molar-refractivity contribution in [1.29, 1.82) is 0 Å². The highest BCUT2D eigenvalue weighted by Crippen LogP contribution is 2.32. The fraction of sp³-hybridized carbons (Fsp3) is 0.263. The first-order valence-electron chi connectivity index (χ1n) is 8.42. The molecule has 26 heavy (non-hydrogen) atoms. The second kappa shape index (κ2) is 7.29. The van der Waals surface area contributed by atoms with Gasteiger partial charge in [-0.1, -0.05) is 12.1 Å². The average Bonchev–Trinajstić information content (AvgIpc) is 2.85. The van der Waals surface area contributed by atoms with Gasteiger partial charge in [0.2, 0.25) is 5.91 Å². The van der Waals surface area contributed by atoms with Gasteiger partial charge in [0, 0.05) is 22.6 Å². The summed E-state index contributed by atoms with van der Waals surface area (Å²) in [5.74, 6) is 1.90. The van der Waals surface area contributed by atoms with Gasteiger partial charge in [-0.15, -0.1) is 11.8 Å². The van der Waals surface area contributed by atoms with Crippen LogP contribution in [0.3, 0.4) is 0 Å². The third-order valence-electron chi connectivity index (χ3n) is 4.16. The third-order valence-corrected chi connectivity index (χ3v) is 5.24. The van der Waals surface area contributed by atoms with E-state index in [9.17, 15) is 9.59 Å². The molecular formula is C19H18N2O4S. The predicted molar refractivity (Wildman–Crippen MR) is 99.1 cm³/mol. The van der Waals surface area contributed by atoms with Gasteiger partial charge in [0.15, 0.2) is 11.5 Å². The quantitative estimate of drug-likeness (QED) is 0.869. The Morgan fingerprint density at radius 2 is 2.08 bits per heavy atom. The molecule has 0 aromatic heterocycles. The van der Waals surface area contributed by atoms with E-state index in [1.165, 1.54) is 0 Å². The maximum absolute atomic E-state index is 12.5. The predicted octanol–water partition coefficient (Wildman–Crippen LogP) is 2.69. The summed E-state index contributed by atoms with van der Waals surface area (Å²) >= 11 is 1.61. The number of benzene rings is 2. The maximum Gasteiger partial charge on any atom is 0.251 e. The van der Waals surface area contributed by atoms with Crippen LogP contribution < -0.4 is 20.1 Å². The average molecular weight is 370 g/mol. The van der Waals surface area contributed by atoms with Gasteiger partial charge in [-0.2, -0.15) is 0 Å². The van der Waals surface area contributed by atoms with Crippen LogP contribution in [-0.2, 0) is 4.79 Å². The number of ether oxygens (including phenoxy) is 2. The van der Waals surface area contributed by atoms with E-state index in [-0.39, 0.29) is 17.9 Å². The van der Waals surface area contributed by atoms with Crippen LogP contribution in [0.5, 0.6) is 11.5 Å². The Balaban J connectivity index is 1.39. The Hall–Kier alpha value is -2.67. The Morgan fingerprint density at radius 3 is 2.96 bits per heavy atom. The van der Waals surface area contributed by atoms with Crippen LogP contribution in [0.15, 0.2) is 47.4 Å². The van der Waals surface area contributed by atoms with Crippen LogP contribution in [0.4, 0.5) is 5.69 Å². The molecule has 0 aliphatic carbocycles. The van der Waals surface area contributed by atoms with E-state index in [1.807, 2.05) is 30.3 Å². The minimum Gasteiger partial charge on any atom is -0.486 e. The highest BCUT2D eigenvalue weighted by atomic mass is 32.2. The summed E-state index contributed by atoms with van der Waals surface area (Å²) in [6, 6.07) is 12.8. The van der Waals surface area contributed by atoms with Crippen molar-refractivity contribution in [2.75, 3.05) is 24.2 Å². The van der Waals surface area contributed by atoms with Gasteiger partial charge in [-0.3, -0.25) is 9.59 Å². The number of hydrogen-bond acceptors (Lipinski definition) is 5. The van der Waals surface area contributed by atoms with Crippen LogP contribution in [0, 0.1) is 0 Å². The van der Waals surface area contributed by atoms with E-state index in [2.05, 4.69) is 10.6 Å². The lowest BCUT2D eigenvalue weighted by Crippen LogP contribution is -2.40. The molecule has 6 nitrogen and oxygen atoms in total. The molecule has 0 saturated heterocycles. The Bertz CT molecular complexity index is 855. The van der Waals surface area contributed by atoms with E-state index < -0.39 is 0 Å². The Kier molecular flexibility index (Phi) is 4.71. The minimum absolute atomic E-state index is 0.0276. The normalized spacial score (nSPS) is 18.3. The number of hydrogen-bond donors (Lipinski definition) is 2. The molecule has 134 valence electrons. The van der Waals surface area contributed by atoms with Gasteiger partial charge in [0.05, 0.1) is 12.2 Å². The second-order valence-electron chi connectivity index (χ2n) is 6.07. The number of para-hydroxylation sites is 2. The lowest BCUT2D eigenvalue weighted by atomic mass is 10.1. The molecule has 0 fully saturated rings. The first-order chi connectivity index (χ1) is 12.7. The molecular weight excluding hydrogens is 352 g/mol. The molecule has 2 aliphatic rings. The second-order valence-corrected chi connectivity index (χ2v) is 7.20. The zero-order valence-electron chi connectivity index (χ0n) is 14.0. The minimum atomic E-state index is -0.245. The van der Waals surface area contributed by atoms with Crippen LogP contribution in [-0.4, -0.2) is 36.8 Å². The van der Waals surface area contributed by atoms with Crippen LogP contribution in [0.2, 0.25) is 0 Å². The number of rotatable bonds is 3. The zero-order valence-corrected chi connectivity index (χ0v) is 14.8. The molecule has 1 atom stereocenters. The molecule has 7 heteroatoms. The maximum atomic E-state index is 12.5. The van der Waals surface area contributed by atoms with Gasteiger partial charge in [-0.05, 0) is 30.3 Å². The first kappa shape index (κ1) is 16.8. The number of carbonyl (C=O) groups is 2. The van der Waals surface area contributed by atoms with Crippen LogP contribution >= 0.6 is 11.8 Å². The van der Waals surface area contributed by atoms with Crippen molar-refractivity contribution >= 4 is 29.3 Å². The van der Waals surface area contributed by atoms with Crippen LogP contribution in [0.1, 0.15) is 16.8 Å². The fourth-order valence-electron chi connectivity index (χ4n) is 2.83. The van der Waals surface area contributed by atoms with Crippen molar-refractivity contribution in [3.63, 3.8) is 0 Å². The topological polar surface area (TPSA) is 76.7 Å². The van der Waals surface area contributed by atoms with E-state index >= 15 is 0 Å². The summed E-state index contributed by atoms with van der Waals surface area (Å²) in [7, 11) is 0. The third kappa shape index (κ3) is 3.62. The number of anilines is 1.